The molecule has 0 spiro atoms. The third-order valence-electron chi connectivity index (χ3n) is 2.96. The van der Waals surface area contributed by atoms with Gasteiger partial charge in [-0.05, 0) is 37.0 Å². The fourth-order valence-corrected chi connectivity index (χ4v) is 2.72. The molecule has 0 N–H and O–H groups in total. The Balaban J connectivity index is 2.47. The molecule has 0 radical (unpaired) electrons. The van der Waals surface area contributed by atoms with Crippen molar-refractivity contribution in [3.05, 3.63) is 29.3 Å². The van der Waals surface area contributed by atoms with Gasteiger partial charge in [-0.25, -0.2) is 13.2 Å². The fraction of sp³-hybridized carbons (Fsp3) is 0.385. The van der Waals surface area contributed by atoms with Gasteiger partial charge in [-0.15, -0.1) is 0 Å². The van der Waals surface area contributed by atoms with Gasteiger partial charge in [0, 0.05) is 18.7 Å². The number of hydrogen-bond donors (Lipinski definition) is 0. The van der Waals surface area contributed by atoms with Crippen LogP contribution in [0, 0.1) is 0 Å². The van der Waals surface area contributed by atoms with E-state index < -0.39 is 15.8 Å². The van der Waals surface area contributed by atoms with E-state index in [0.29, 0.717) is 12.1 Å². The predicted molar refractivity (Wildman–Crippen MR) is 70.8 cm³/mol. The quantitative estimate of drug-likeness (QED) is 0.611. The number of nitrogens with zero attached hydrogens (tertiary/aromatic N) is 1. The largest absolute Gasteiger partial charge is 0.331 e. The van der Waals surface area contributed by atoms with Gasteiger partial charge in [-0.1, -0.05) is 11.2 Å². The van der Waals surface area contributed by atoms with Gasteiger partial charge in [-0.3, -0.25) is 0 Å². The van der Waals surface area contributed by atoms with E-state index in [1.807, 2.05) is 0 Å². The summed E-state index contributed by atoms with van der Waals surface area (Å²) in [5, 5.41) is 3.82. The molecule has 1 aromatic carbocycles. The SMILES string of the molecule is CC(=O)O/N=C1\CCCc2ccc(S(C)(=O)=O)cc21. The first-order valence-electron chi connectivity index (χ1n) is 5.96. The van der Waals surface area contributed by atoms with E-state index in [-0.39, 0.29) is 4.90 Å². The Labute approximate surface area is 112 Å². The van der Waals surface area contributed by atoms with Crippen molar-refractivity contribution in [2.24, 2.45) is 5.16 Å². The number of fused-ring (bicyclic) bond motifs is 1. The van der Waals surface area contributed by atoms with Gasteiger partial charge < -0.3 is 4.84 Å². The predicted octanol–water partition coefficient (Wildman–Crippen LogP) is 1.69. The van der Waals surface area contributed by atoms with Crippen LogP contribution in [0.4, 0.5) is 0 Å². The lowest BCUT2D eigenvalue weighted by Crippen LogP contribution is -2.14. The summed E-state index contributed by atoms with van der Waals surface area (Å²) in [5.41, 5.74) is 2.42. The first-order chi connectivity index (χ1) is 8.88. The zero-order valence-corrected chi connectivity index (χ0v) is 11.7. The van der Waals surface area contributed by atoms with Crippen molar-refractivity contribution < 1.29 is 18.0 Å². The summed E-state index contributed by atoms with van der Waals surface area (Å²) < 4.78 is 23.1. The molecule has 5 nitrogen and oxygen atoms in total. The van der Waals surface area contributed by atoms with Crippen molar-refractivity contribution in [2.45, 2.75) is 31.1 Å². The van der Waals surface area contributed by atoms with Crippen molar-refractivity contribution in [1.29, 1.82) is 0 Å². The van der Waals surface area contributed by atoms with E-state index >= 15 is 0 Å². The molecular formula is C13H15NO4S. The number of oxime groups is 1. The van der Waals surface area contributed by atoms with Crippen molar-refractivity contribution in [2.75, 3.05) is 6.26 Å². The summed E-state index contributed by atoms with van der Waals surface area (Å²) in [6, 6.07) is 5.00. The number of hydrogen-bond acceptors (Lipinski definition) is 5. The van der Waals surface area contributed by atoms with Crippen molar-refractivity contribution in [3.63, 3.8) is 0 Å². The Morgan fingerprint density at radius 3 is 2.68 bits per heavy atom. The van der Waals surface area contributed by atoms with Gasteiger partial charge in [-0.2, -0.15) is 0 Å². The maximum absolute atomic E-state index is 11.6. The highest BCUT2D eigenvalue weighted by atomic mass is 32.2. The first-order valence-corrected chi connectivity index (χ1v) is 7.85. The molecule has 19 heavy (non-hydrogen) atoms. The highest BCUT2D eigenvalue weighted by Crippen LogP contribution is 2.25. The number of rotatable bonds is 2. The summed E-state index contributed by atoms with van der Waals surface area (Å²) in [6.07, 6.45) is 3.62. The van der Waals surface area contributed by atoms with Crippen LogP contribution in [-0.4, -0.2) is 26.4 Å². The van der Waals surface area contributed by atoms with Crippen LogP contribution in [0.3, 0.4) is 0 Å². The summed E-state index contributed by atoms with van der Waals surface area (Å²) in [4.78, 5) is 15.7. The number of sulfone groups is 1. The van der Waals surface area contributed by atoms with Gasteiger partial charge in [0.15, 0.2) is 9.84 Å². The lowest BCUT2D eigenvalue weighted by Gasteiger charge is -2.17. The molecule has 102 valence electrons. The van der Waals surface area contributed by atoms with Crippen LogP contribution in [0.5, 0.6) is 0 Å². The van der Waals surface area contributed by atoms with Gasteiger partial charge in [0.05, 0.1) is 10.6 Å². The van der Waals surface area contributed by atoms with E-state index in [0.717, 1.165) is 24.0 Å². The van der Waals surface area contributed by atoms with Gasteiger partial charge in [0.2, 0.25) is 0 Å². The Morgan fingerprint density at radius 1 is 1.32 bits per heavy atom. The third-order valence-corrected chi connectivity index (χ3v) is 4.07. The fourth-order valence-electron chi connectivity index (χ4n) is 2.07. The zero-order chi connectivity index (χ0) is 14.0. The van der Waals surface area contributed by atoms with Gasteiger partial charge in [0.1, 0.15) is 0 Å². The molecule has 0 aromatic heterocycles. The second kappa shape index (κ2) is 5.13. The smallest absolute Gasteiger partial charge is 0.318 e. The summed E-state index contributed by atoms with van der Waals surface area (Å²) in [6.45, 7) is 1.28. The highest BCUT2D eigenvalue weighted by Gasteiger charge is 2.19. The Kier molecular flexibility index (Phi) is 3.71. The van der Waals surface area contributed by atoms with Gasteiger partial charge in [0.25, 0.3) is 0 Å². The van der Waals surface area contributed by atoms with Crippen LogP contribution < -0.4 is 0 Å². The molecule has 1 aromatic rings. The van der Waals surface area contributed by atoms with Gasteiger partial charge >= 0.3 is 5.97 Å². The molecule has 0 saturated carbocycles. The normalized spacial score (nSPS) is 17.1. The van der Waals surface area contributed by atoms with Crippen LogP contribution >= 0.6 is 0 Å². The van der Waals surface area contributed by atoms with Crippen molar-refractivity contribution >= 4 is 21.5 Å². The molecule has 0 atom stereocenters. The van der Waals surface area contributed by atoms with Crippen LogP contribution in [-0.2, 0) is 25.9 Å². The summed E-state index contributed by atoms with van der Waals surface area (Å²) in [7, 11) is -3.25. The van der Waals surface area contributed by atoms with E-state index in [4.69, 9.17) is 0 Å². The standard InChI is InChI=1S/C13H15NO4S/c1-9(15)18-14-13-5-3-4-10-6-7-11(8-12(10)13)19(2,16)17/h6-8H,3-5H2,1-2H3/b14-13+. The lowest BCUT2D eigenvalue weighted by molar-refractivity contribution is -0.140. The van der Waals surface area contributed by atoms with E-state index in [2.05, 4.69) is 9.99 Å². The van der Waals surface area contributed by atoms with Crippen molar-refractivity contribution in [3.8, 4) is 0 Å². The van der Waals surface area contributed by atoms with Crippen LogP contribution in [0.25, 0.3) is 0 Å². The molecule has 0 fully saturated rings. The minimum Gasteiger partial charge on any atom is -0.318 e. The highest BCUT2D eigenvalue weighted by molar-refractivity contribution is 7.90. The molecular weight excluding hydrogens is 266 g/mol. The third kappa shape index (κ3) is 3.20. The van der Waals surface area contributed by atoms with Crippen LogP contribution in [0.2, 0.25) is 0 Å². The maximum Gasteiger partial charge on any atom is 0.331 e. The topological polar surface area (TPSA) is 72.8 Å². The number of carbonyl (C=O) groups is 1. The number of benzene rings is 1. The number of aryl methyl sites for hydroxylation is 1. The molecule has 0 aliphatic heterocycles. The summed E-state index contributed by atoms with van der Waals surface area (Å²) >= 11 is 0. The molecule has 0 bridgehead atoms. The molecule has 6 heteroatoms. The molecule has 1 aliphatic carbocycles. The monoisotopic (exact) mass is 281 g/mol. The Morgan fingerprint density at radius 2 is 2.05 bits per heavy atom. The zero-order valence-electron chi connectivity index (χ0n) is 10.8. The van der Waals surface area contributed by atoms with Crippen LogP contribution in [0.15, 0.2) is 28.3 Å². The number of carbonyl (C=O) groups excluding carboxylic acids is 1. The minimum absolute atomic E-state index is 0.253. The summed E-state index contributed by atoms with van der Waals surface area (Å²) in [5.74, 6) is -0.487. The Bertz CT molecular complexity index is 647. The van der Waals surface area contributed by atoms with E-state index in [9.17, 15) is 13.2 Å². The second-order valence-corrected chi connectivity index (χ2v) is 6.58. The molecule has 0 unspecified atom stereocenters. The van der Waals surface area contributed by atoms with Crippen molar-refractivity contribution in [1.82, 2.24) is 0 Å². The first kappa shape index (κ1) is 13.7. The maximum atomic E-state index is 11.6. The van der Waals surface area contributed by atoms with Crippen LogP contribution in [0.1, 0.15) is 30.9 Å². The molecule has 0 heterocycles. The molecule has 1 aliphatic rings. The molecule has 0 saturated heterocycles. The van der Waals surface area contributed by atoms with E-state index in [1.54, 1.807) is 18.2 Å². The average Bonchev–Trinajstić information content (AvgIpc) is 2.34. The Hall–Kier alpha value is -1.69. The molecule has 0 amide bonds. The lowest BCUT2D eigenvalue weighted by atomic mass is 9.90. The second-order valence-electron chi connectivity index (χ2n) is 4.57. The molecule has 2 rings (SSSR count). The van der Waals surface area contributed by atoms with E-state index in [1.165, 1.54) is 13.2 Å². The minimum atomic E-state index is -3.25. The average molecular weight is 281 g/mol.